The van der Waals surface area contributed by atoms with Crippen molar-refractivity contribution in [1.29, 1.82) is 0 Å². The minimum atomic E-state index is 0.693. The zero-order valence-corrected chi connectivity index (χ0v) is 28.6. The number of hydrogen-bond donors (Lipinski definition) is 0. The number of aromatic nitrogens is 5. The summed E-state index contributed by atoms with van der Waals surface area (Å²) in [5, 5.41) is 3.26. The predicted octanol–water partition coefficient (Wildman–Crippen LogP) is 11.8. The number of para-hydroxylation sites is 1. The second-order valence-electron chi connectivity index (χ2n) is 13.1. The molecule has 10 aromatic rings. The average Bonchev–Trinajstić information content (AvgIpc) is 3.58. The lowest BCUT2D eigenvalue weighted by Gasteiger charge is -2.13. The minimum Gasteiger partial charge on any atom is -0.277 e. The van der Waals surface area contributed by atoms with Crippen LogP contribution in [0, 0.1) is 0 Å². The summed E-state index contributed by atoms with van der Waals surface area (Å²) in [4.78, 5) is 20.6. The average molecular weight is 678 g/mol. The first-order valence-electron chi connectivity index (χ1n) is 17.7. The van der Waals surface area contributed by atoms with Crippen LogP contribution < -0.4 is 0 Å². The van der Waals surface area contributed by atoms with E-state index in [0.29, 0.717) is 11.6 Å². The van der Waals surface area contributed by atoms with Gasteiger partial charge in [-0.05, 0) is 28.8 Å². The molecule has 0 saturated heterocycles. The Bertz CT molecular complexity index is 2920. The monoisotopic (exact) mass is 677 g/mol. The number of fused-ring (bicyclic) bond motifs is 4. The van der Waals surface area contributed by atoms with E-state index in [0.717, 1.165) is 83.5 Å². The lowest BCUT2D eigenvalue weighted by atomic mass is 10.0. The van der Waals surface area contributed by atoms with Crippen LogP contribution >= 0.6 is 0 Å². The van der Waals surface area contributed by atoms with E-state index in [4.69, 9.17) is 19.9 Å². The van der Waals surface area contributed by atoms with E-state index in [2.05, 4.69) is 144 Å². The van der Waals surface area contributed by atoms with Crippen molar-refractivity contribution < 1.29 is 0 Å². The first-order valence-corrected chi connectivity index (χ1v) is 17.7. The molecule has 3 heterocycles. The quantitative estimate of drug-likeness (QED) is 0.176. The van der Waals surface area contributed by atoms with Gasteiger partial charge in [-0.15, -0.1) is 0 Å². The second kappa shape index (κ2) is 12.8. The summed E-state index contributed by atoms with van der Waals surface area (Å²) in [6, 6.07) is 64.9. The summed E-state index contributed by atoms with van der Waals surface area (Å²) in [7, 11) is 0. The molecule has 0 atom stereocenters. The summed E-state index contributed by atoms with van der Waals surface area (Å²) in [5.74, 6) is 2.23. The van der Waals surface area contributed by atoms with E-state index in [9.17, 15) is 0 Å². The fourth-order valence-electron chi connectivity index (χ4n) is 7.29. The zero-order chi connectivity index (χ0) is 35.1. The zero-order valence-electron chi connectivity index (χ0n) is 28.6. The van der Waals surface area contributed by atoms with Gasteiger partial charge >= 0.3 is 0 Å². The van der Waals surface area contributed by atoms with Crippen LogP contribution in [0.2, 0.25) is 0 Å². The molecule has 0 amide bonds. The van der Waals surface area contributed by atoms with Gasteiger partial charge in [-0.3, -0.25) is 4.40 Å². The normalized spacial score (nSPS) is 11.4. The molecule has 10 rings (SSSR count). The molecule has 0 fully saturated rings. The molecule has 0 radical (unpaired) electrons. The van der Waals surface area contributed by atoms with Crippen molar-refractivity contribution in [3.63, 3.8) is 0 Å². The maximum atomic E-state index is 5.27. The highest BCUT2D eigenvalue weighted by molar-refractivity contribution is 6.06. The molecule has 3 aromatic heterocycles. The third-order valence-corrected chi connectivity index (χ3v) is 9.82. The third-order valence-electron chi connectivity index (χ3n) is 9.82. The van der Waals surface area contributed by atoms with Crippen molar-refractivity contribution in [2.75, 3.05) is 0 Å². The van der Waals surface area contributed by atoms with Gasteiger partial charge in [-0.1, -0.05) is 176 Å². The number of hydrogen-bond acceptors (Lipinski definition) is 4. The molecule has 5 nitrogen and oxygen atoms in total. The van der Waals surface area contributed by atoms with Crippen molar-refractivity contribution in [2.24, 2.45) is 0 Å². The first-order chi connectivity index (χ1) is 26.3. The van der Waals surface area contributed by atoms with Crippen LogP contribution in [-0.2, 0) is 0 Å². The van der Waals surface area contributed by atoms with Crippen molar-refractivity contribution in [1.82, 2.24) is 24.3 Å². The van der Waals surface area contributed by atoms with Crippen molar-refractivity contribution in [2.45, 2.75) is 0 Å². The second-order valence-corrected chi connectivity index (χ2v) is 13.1. The fourth-order valence-corrected chi connectivity index (χ4v) is 7.29. The molecular formula is C48H31N5. The van der Waals surface area contributed by atoms with Gasteiger partial charge in [0.2, 0.25) is 0 Å². The molecule has 53 heavy (non-hydrogen) atoms. The molecule has 0 spiro atoms. The van der Waals surface area contributed by atoms with Crippen LogP contribution in [0.5, 0.6) is 0 Å². The van der Waals surface area contributed by atoms with Gasteiger partial charge in [0.05, 0.1) is 16.9 Å². The lowest BCUT2D eigenvalue weighted by Crippen LogP contribution is -2.03. The highest BCUT2D eigenvalue weighted by Crippen LogP contribution is 2.38. The molecule has 0 aliphatic heterocycles. The molecule has 0 bridgehead atoms. The molecule has 5 heteroatoms. The van der Waals surface area contributed by atoms with Crippen molar-refractivity contribution >= 4 is 27.3 Å². The summed E-state index contributed by atoms with van der Waals surface area (Å²) in [6.45, 7) is 0. The Labute approximate surface area is 306 Å². The number of rotatable bonds is 6. The number of nitrogens with zero attached hydrogens (tertiary/aromatic N) is 5. The Morgan fingerprint density at radius 3 is 1.60 bits per heavy atom. The largest absolute Gasteiger partial charge is 0.277 e. The highest BCUT2D eigenvalue weighted by Gasteiger charge is 2.21. The Kier molecular flexibility index (Phi) is 7.40. The van der Waals surface area contributed by atoms with E-state index >= 15 is 0 Å². The van der Waals surface area contributed by atoms with Gasteiger partial charge in [0.1, 0.15) is 11.5 Å². The molecule has 0 unspecified atom stereocenters. The van der Waals surface area contributed by atoms with Gasteiger partial charge in [0, 0.05) is 38.4 Å². The van der Waals surface area contributed by atoms with E-state index in [1.165, 1.54) is 0 Å². The summed E-state index contributed by atoms with van der Waals surface area (Å²) >= 11 is 0. The van der Waals surface area contributed by atoms with Crippen LogP contribution in [0.1, 0.15) is 0 Å². The maximum absolute atomic E-state index is 5.27. The van der Waals surface area contributed by atoms with Gasteiger partial charge in [-0.25, -0.2) is 19.9 Å². The Morgan fingerprint density at radius 1 is 0.321 bits per heavy atom. The van der Waals surface area contributed by atoms with E-state index in [-0.39, 0.29) is 0 Å². The molecule has 0 aliphatic rings. The molecule has 0 saturated carbocycles. The summed E-state index contributed by atoms with van der Waals surface area (Å²) in [5.41, 5.74) is 11.1. The van der Waals surface area contributed by atoms with Crippen molar-refractivity contribution in [3.8, 4) is 67.8 Å². The smallest absolute Gasteiger partial charge is 0.163 e. The SMILES string of the molecule is c1ccc(-c2nc(-c3ccc(-c4cccc(-c5nc(-c6ccccc6)c6ccccc6n5)c4)cc3)n3c(-c4ccccc4)c4ccccc4c3n2)cc1. The fraction of sp³-hybridized carbons (Fsp3) is 0. The minimum absolute atomic E-state index is 0.693. The van der Waals surface area contributed by atoms with Gasteiger partial charge < -0.3 is 0 Å². The molecule has 248 valence electrons. The molecule has 0 N–H and O–H groups in total. The molecule has 0 aliphatic carbocycles. The van der Waals surface area contributed by atoms with Crippen LogP contribution in [0.4, 0.5) is 0 Å². The van der Waals surface area contributed by atoms with Crippen LogP contribution in [0.25, 0.3) is 95.1 Å². The van der Waals surface area contributed by atoms with Gasteiger partial charge in [0.15, 0.2) is 11.6 Å². The first kappa shape index (κ1) is 30.6. The summed E-state index contributed by atoms with van der Waals surface area (Å²) in [6.07, 6.45) is 0. The van der Waals surface area contributed by atoms with Crippen LogP contribution in [0.3, 0.4) is 0 Å². The molecular weight excluding hydrogens is 647 g/mol. The van der Waals surface area contributed by atoms with E-state index in [1.54, 1.807) is 0 Å². The number of benzene rings is 7. The topological polar surface area (TPSA) is 56.0 Å². The standard InChI is InChI=1S/C48H31N5/c1-4-15-33(16-5-1)43-41-25-12-13-26-42(41)49-46(50-43)38-22-14-21-37(31-38)32-27-29-36(30-28-32)47-51-45(35-19-8-3-9-20-35)52-48-40-24-11-10-23-39(40)44(53(47)48)34-17-6-2-7-18-34/h1-31H. The van der Waals surface area contributed by atoms with E-state index in [1.807, 2.05) is 48.5 Å². The molecule has 7 aromatic carbocycles. The van der Waals surface area contributed by atoms with Gasteiger partial charge in [-0.2, -0.15) is 0 Å². The van der Waals surface area contributed by atoms with Crippen molar-refractivity contribution in [3.05, 3.63) is 188 Å². The summed E-state index contributed by atoms with van der Waals surface area (Å²) < 4.78 is 2.23. The Hall–Kier alpha value is -7.24. The Morgan fingerprint density at radius 2 is 0.868 bits per heavy atom. The van der Waals surface area contributed by atoms with Crippen LogP contribution in [0.15, 0.2) is 188 Å². The maximum Gasteiger partial charge on any atom is 0.163 e. The van der Waals surface area contributed by atoms with E-state index < -0.39 is 0 Å². The predicted molar refractivity (Wildman–Crippen MR) is 216 cm³/mol. The lowest BCUT2D eigenvalue weighted by molar-refractivity contribution is 1.05. The Balaban J connectivity index is 1.11. The van der Waals surface area contributed by atoms with Gasteiger partial charge in [0.25, 0.3) is 0 Å². The van der Waals surface area contributed by atoms with Crippen LogP contribution in [-0.4, -0.2) is 24.3 Å². The highest BCUT2D eigenvalue weighted by atomic mass is 15.1. The third kappa shape index (κ3) is 5.43.